The van der Waals surface area contributed by atoms with E-state index in [-0.39, 0.29) is 19.1 Å². The monoisotopic (exact) mass is 373 g/mol. The Labute approximate surface area is 157 Å². The van der Waals surface area contributed by atoms with Crippen molar-refractivity contribution in [3.63, 3.8) is 0 Å². The van der Waals surface area contributed by atoms with Gasteiger partial charge in [-0.25, -0.2) is 9.59 Å². The topological polar surface area (TPSA) is 97.0 Å². The lowest BCUT2D eigenvalue weighted by Gasteiger charge is -2.33. The van der Waals surface area contributed by atoms with Crippen LogP contribution in [-0.4, -0.2) is 49.1 Å². The van der Waals surface area contributed by atoms with Gasteiger partial charge in [0.25, 0.3) is 0 Å². The Morgan fingerprint density at radius 1 is 1.33 bits per heavy atom. The van der Waals surface area contributed by atoms with E-state index < -0.39 is 18.0 Å². The molecule has 0 saturated heterocycles. The highest BCUT2D eigenvalue weighted by molar-refractivity contribution is 5.98. The molecule has 1 aromatic rings. The number of urea groups is 1. The molecule has 0 aliphatic carbocycles. The van der Waals surface area contributed by atoms with Crippen LogP contribution in [0.25, 0.3) is 0 Å². The van der Waals surface area contributed by atoms with Crippen LogP contribution in [0.5, 0.6) is 5.75 Å². The van der Waals surface area contributed by atoms with Gasteiger partial charge in [-0.15, -0.1) is 0 Å². The summed E-state index contributed by atoms with van der Waals surface area (Å²) >= 11 is 0. The number of para-hydroxylation sites is 1. The van der Waals surface area contributed by atoms with Crippen LogP contribution in [0, 0.1) is 0 Å². The number of carbonyl (C=O) groups is 3. The zero-order chi connectivity index (χ0) is 19.4. The molecule has 2 aliphatic rings. The van der Waals surface area contributed by atoms with Crippen LogP contribution in [0.4, 0.5) is 4.79 Å². The van der Waals surface area contributed by atoms with Crippen molar-refractivity contribution in [2.45, 2.75) is 26.3 Å². The fourth-order valence-corrected chi connectivity index (χ4v) is 3.18. The van der Waals surface area contributed by atoms with Crippen molar-refractivity contribution in [1.82, 2.24) is 15.5 Å². The van der Waals surface area contributed by atoms with Gasteiger partial charge in [-0.2, -0.15) is 0 Å². The third kappa shape index (κ3) is 3.74. The molecule has 1 atom stereocenters. The smallest absolute Gasteiger partial charge is 0.338 e. The first-order chi connectivity index (χ1) is 13.1. The average molecular weight is 373 g/mol. The third-order valence-electron chi connectivity index (χ3n) is 4.40. The van der Waals surface area contributed by atoms with E-state index in [2.05, 4.69) is 10.6 Å². The maximum absolute atomic E-state index is 12.7. The molecule has 8 nitrogen and oxygen atoms in total. The average Bonchev–Trinajstić information content (AvgIpc) is 3.04. The Morgan fingerprint density at radius 3 is 2.85 bits per heavy atom. The van der Waals surface area contributed by atoms with Crippen LogP contribution in [-0.2, 0) is 14.3 Å². The van der Waals surface area contributed by atoms with Crippen molar-refractivity contribution in [2.75, 3.05) is 26.3 Å². The number of benzene rings is 1. The number of hydrogen-bond donors (Lipinski definition) is 2. The van der Waals surface area contributed by atoms with Gasteiger partial charge in [-0.3, -0.25) is 9.69 Å². The summed E-state index contributed by atoms with van der Waals surface area (Å²) in [5, 5.41) is 5.54. The maximum atomic E-state index is 12.7. The van der Waals surface area contributed by atoms with E-state index in [0.29, 0.717) is 35.7 Å². The van der Waals surface area contributed by atoms with Gasteiger partial charge in [-0.1, -0.05) is 25.1 Å². The summed E-state index contributed by atoms with van der Waals surface area (Å²) in [6.45, 7) is 4.59. The van der Waals surface area contributed by atoms with E-state index in [9.17, 15) is 14.4 Å². The Morgan fingerprint density at radius 2 is 2.11 bits per heavy atom. The Hall–Kier alpha value is -3.03. The van der Waals surface area contributed by atoms with Gasteiger partial charge in [0.05, 0.1) is 23.9 Å². The molecule has 1 aromatic carbocycles. The molecule has 0 bridgehead atoms. The number of rotatable bonds is 7. The summed E-state index contributed by atoms with van der Waals surface area (Å²) in [4.78, 5) is 38.4. The van der Waals surface area contributed by atoms with Crippen LogP contribution in [0.15, 0.2) is 35.5 Å². The van der Waals surface area contributed by atoms with Crippen molar-refractivity contribution in [3.05, 3.63) is 41.1 Å². The van der Waals surface area contributed by atoms with Crippen molar-refractivity contribution >= 4 is 17.9 Å². The lowest BCUT2D eigenvalue weighted by atomic mass is 9.95. The summed E-state index contributed by atoms with van der Waals surface area (Å²) in [5.41, 5.74) is 1.44. The Balaban J connectivity index is 1.94. The largest absolute Gasteiger partial charge is 0.494 e. The highest BCUT2D eigenvalue weighted by atomic mass is 16.5. The molecule has 0 aromatic heterocycles. The zero-order valence-electron chi connectivity index (χ0n) is 15.4. The quantitative estimate of drug-likeness (QED) is 0.706. The van der Waals surface area contributed by atoms with Crippen LogP contribution in [0.1, 0.15) is 31.9 Å². The highest BCUT2D eigenvalue weighted by Gasteiger charge is 2.43. The molecule has 0 saturated carbocycles. The van der Waals surface area contributed by atoms with E-state index in [1.807, 2.05) is 26.0 Å². The molecule has 2 aliphatic heterocycles. The number of ether oxygens (including phenoxy) is 2. The summed E-state index contributed by atoms with van der Waals surface area (Å²) in [7, 11) is 0. The van der Waals surface area contributed by atoms with Gasteiger partial charge in [-0.05, 0) is 19.4 Å². The van der Waals surface area contributed by atoms with Crippen LogP contribution in [0.2, 0.25) is 0 Å². The molecule has 0 fully saturated rings. The minimum Gasteiger partial charge on any atom is -0.494 e. The lowest BCUT2D eigenvalue weighted by Crippen LogP contribution is -2.50. The molecular formula is C19H23N3O5. The van der Waals surface area contributed by atoms with Crippen molar-refractivity contribution in [3.8, 4) is 5.75 Å². The van der Waals surface area contributed by atoms with Gasteiger partial charge < -0.3 is 20.1 Å². The number of hydrogen-bond acceptors (Lipinski definition) is 5. The minimum atomic E-state index is -0.680. The second-order valence-corrected chi connectivity index (χ2v) is 6.23. The normalized spacial score (nSPS) is 18.7. The first kappa shape index (κ1) is 18.8. The van der Waals surface area contributed by atoms with Crippen molar-refractivity contribution < 1.29 is 23.9 Å². The molecule has 3 rings (SSSR count). The maximum Gasteiger partial charge on any atom is 0.338 e. The van der Waals surface area contributed by atoms with Gasteiger partial charge >= 0.3 is 12.0 Å². The summed E-state index contributed by atoms with van der Waals surface area (Å²) in [5.74, 6) is -0.197. The van der Waals surface area contributed by atoms with E-state index in [1.54, 1.807) is 12.1 Å². The molecule has 0 spiro atoms. The van der Waals surface area contributed by atoms with Crippen LogP contribution < -0.4 is 15.4 Å². The van der Waals surface area contributed by atoms with Crippen LogP contribution in [0.3, 0.4) is 0 Å². The molecule has 0 radical (unpaired) electrons. The fraction of sp³-hybridized carbons (Fsp3) is 0.421. The lowest BCUT2D eigenvalue weighted by molar-refractivity contribution is -0.136. The van der Waals surface area contributed by atoms with Gasteiger partial charge in [0.1, 0.15) is 18.9 Å². The first-order valence-corrected chi connectivity index (χ1v) is 9.03. The number of carbonyl (C=O) groups excluding carboxylic acids is 3. The number of nitrogens with zero attached hydrogens (tertiary/aromatic N) is 1. The molecule has 144 valence electrons. The minimum absolute atomic E-state index is 0.0318. The summed E-state index contributed by atoms with van der Waals surface area (Å²) in [6.07, 6.45) is 0.795. The number of amides is 3. The standard InChI is InChI=1S/C19H23N3O5/c1-3-9-20-15(23)10-22-13-11-27-18(24)16(13)17(21-19(22)25)12-7-5-6-8-14(12)26-4-2/h5-8,17H,3-4,9-11H2,1-2H3,(H,20,23)(H,21,25)/t17-/m1/s1. The fourth-order valence-electron chi connectivity index (χ4n) is 3.18. The molecular weight excluding hydrogens is 350 g/mol. The first-order valence-electron chi connectivity index (χ1n) is 9.03. The molecule has 27 heavy (non-hydrogen) atoms. The SMILES string of the molecule is CCCNC(=O)CN1C(=O)N[C@H](c2ccccc2OCC)C2=C1COC2=O. The molecule has 3 amide bonds. The van der Waals surface area contributed by atoms with E-state index >= 15 is 0 Å². The molecule has 2 N–H and O–H groups in total. The Bertz CT molecular complexity index is 789. The predicted molar refractivity (Wildman–Crippen MR) is 96.9 cm³/mol. The molecule has 0 unspecified atom stereocenters. The van der Waals surface area contributed by atoms with E-state index in [4.69, 9.17) is 9.47 Å². The summed E-state index contributed by atoms with van der Waals surface area (Å²) < 4.78 is 10.8. The second kappa shape index (κ2) is 8.11. The third-order valence-corrected chi connectivity index (χ3v) is 4.40. The van der Waals surface area contributed by atoms with Gasteiger partial charge in [0.15, 0.2) is 0 Å². The number of nitrogens with one attached hydrogen (secondary N) is 2. The molecule has 8 heteroatoms. The van der Waals surface area contributed by atoms with Gasteiger partial charge in [0, 0.05) is 12.1 Å². The van der Waals surface area contributed by atoms with E-state index in [0.717, 1.165) is 6.42 Å². The molecule has 2 heterocycles. The summed E-state index contributed by atoms with van der Waals surface area (Å²) in [6, 6.07) is 6.10. The van der Waals surface area contributed by atoms with Gasteiger partial charge in [0.2, 0.25) is 5.91 Å². The number of cyclic esters (lactones) is 1. The van der Waals surface area contributed by atoms with Crippen molar-refractivity contribution in [2.24, 2.45) is 0 Å². The van der Waals surface area contributed by atoms with Crippen molar-refractivity contribution in [1.29, 1.82) is 0 Å². The zero-order valence-corrected chi connectivity index (χ0v) is 15.4. The Kier molecular flexibility index (Phi) is 5.63. The number of esters is 1. The predicted octanol–water partition coefficient (Wildman–Crippen LogP) is 1.49. The second-order valence-electron chi connectivity index (χ2n) is 6.23. The van der Waals surface area contributed by atoms with E-state index in [1.165, 1.54) is 4.90 Å². The van der Waals surface area contributed by atoms with Crippen LogP contribution >= 0.6 is 0 Å². The highest BCUT2D eigenvalue weighted by Crippen LogP contribution is 2.38.